The molecular weight excluding hydrogens is 572 g/mol. The number of pyridine rings is 1. The van der Waals surface area contributed by atoms with Crippen molar-refractivity contribution >= 4 is 29.0 Å². The Bertz CT molecular complexity index is 1730. The maximum atomic E-state index is 13.8. The third-order valence-electron chi connectivity index (χ3n) is 7.77. The number of methoxy groups -OCH3 is 1. The van der Waals surface area contributed by atoms with Crippen LogP contribution in [0.25, 0.3) is 5.57 Å². The molecule has 0 bridgehead atoms. The highest BCUT2D eigenvalue weighted by atomic mass is 35.5. The minimum Gasteiger partial charge on any atom is -0.481 e. The molecule has 1 aliphatic carbocycles. The number of ether oxygens (including phenoxy) is 1. The molecule has 224 valence electrons. The van der Waals surface area contributed by atoms with Gasteiger partial charge < -0.3 is 25.3 Å². The molecule has 2 aliphatic rings. The van der Waals surface area contributed by atoms with Crippen molar-refractivity contribution in [3.8, 4) is 5.88 Å². The summed E-state index contributed by atoms with van der Waals surface area (Å²) in [5.74, 6) is -0.329. The highest BCUT2D eigenvalue weighted by molar-refractivity contribution is 6.28. The van der Waals surface area contributed by atoms with E-state index in [4.69, 9.17) is 21.3 Å². The van der Waals surface area contributed by atoms with Crippen LogP contribution in [-0.4, -0.2) is 51.0 Å². The molecule has 2 amide bonds. The number of hydrogen-bond donors (Lipinski definition) is 3. The third kappa shape index (κ3) is 5.91. The van der Waals surface area contributed by atoms with Crippen molar-refractivity contribution in [3.63, 3.8) is 0 Å². The highest BCUT2D eigenvalue weighted by Crippen LogP contribution is 2.41. The van der Waals surface area contributed by atoms with E-state index in [1.54, 1.807) is 18.2 Å². The second-order valence-corrected chi connectivity index (χ2v) is 11.1. The van der Waals surface area contributed by atoms with Crippen molar-refractivity contribution in [2.75, 3.05) is 13.7 Å². The third-order valence-corrected chi connectivity index (χ3v) is 8.35. The van der Waals surface area contributed by atoms with Crippen molar-refractivity contribution in [2.45, 2.75) is 36.3 Å². The molecule has 3 aromatic rings. The number of carbonyl (C=O) groups is 2. The zero-order chi connectivity index (χ0) is 30.7. The second kappa shape index (κ2) is 12.4. The van der Waals surface area contributed by atoms with Gasteiger partial charge in [0.25, 0.3) is 11.5 Å². The van der Waals surface area contributed by atoms with Crippen LogP contribution in [0.1, 0.15) is 40.0 Å². The van der Waals surface area contributed by atoms with Crippen LogP contribution in [0.3, 0.4) is 0 Å². The molecular formula is C31H33ClN6O5. The number of nitrogens with zero attached hydrogens (tertiary/aromatic N) is 3. The van der Waals surface area contributed by atoms with E-state index in [-0.39, 0.29) is 17.5 Å². The van der Waals surface area contributed by atoms with E-state index in [1.807, 2.05) is 42.5 Å². The number of halogens is 1. The van der Waals surface area contributed by atoms with Crippen LogP contribution in [0, 0.1) is 0 Å². The van der Waals surface area contributed by atoms with E-state index in [9.17, 15) is 19.2 Å². The predicted octanol–water partition coefficient (Wildman–Crippen LogP) is 1.74. The normalized spacial score (nSPS) is 21.3. The molecule has 3 heterocycles. The zero-order valence-corrected chi connectivity index (χ0v) is 24.9. The number of benzene rings is 1. The summed E-state index contributed by atoms with van der Waals surface area (Å²) in [7, 11) is 4.30. The average molecular weight is 605 g/mol. The highest BCUT2D eigenvalue weighted by Gasteiger charge is 2.44. The van der Waals surface area contributed by atoms with Gasteiger partial charge in [0.1, 0.15) is 11.1 Å². The van der Waals surface area contributed by atoms with E-state index >= 15 is 0 Å². The second-order valence-electron chi connectivity index (χ2n) is 10.6. The summed E-state index contributed by atoms with van der Waals surface area (Å²) in [4.78, 5) is 55.3. The number of rotatable bonds is 9. The van der Waals surface area contributed by atoms with Gasteiger partial charge in [-0.1, -0.05) is 54.6 Å². The average Bonchev–Trinajstić information content (AvgIpc) is 3.44. The largest absolute Gasteiger partial charge is 0.481 e. The summed E-state index contributed by atoms with van der Waals surface area (Å²) in [6.45, 7) is 1.04. The van der Waals surface area contributed by atoms with Crippen LogP contribution < -0.4 is 31.9 Å². The number of alkyl halides is 1. The van der Waals surface area contributed by atoms with Crippen molar-refractivity contribution in [1.82, 2.24) is 30.1 Å². The van der Waals surface area contributed by atoms with Crippen LogP contribution in [0.5, 0.6) is 5.88 Å². The Hall–Kier alpha value is -4.48. The topological polar surface area (TPSA) is 136 Å². The first kappa shape index (κ1) is 30.0. The number of aryl methyl sites for hydroxylation is 1. The molecule has 0 saturated carbocycles. The number of carbonyl (C=O) groups excluding carboxylic acids is 2. The van der Waals surface area contributed by atoms with Gasteiger partial charge in [0.2, 0.25) is 11.8 Å². The molecule has 0 radical (unpaired) electrons. The molecule has 11 nitrogen and oxygen atoms in total. The Morgan fingerprint density at radius 1 is 1.16 bits per heavy atom. The van der Waals surface area contributed by atoms with Gasteiger partial charge in [-0.3, -0.25) is 19.0 Å². The molecule has 5 rings (SSSR count). The summed E-state index contributed by atoms with van der Waals surface area (Å²) >= 11 is 7.24. The number of aromatic nitrogens is 3. The first-order valence-corrected chi connectivity index (χ1v) is 14.3. The summed E-state index contributed by atoms with van der Waals surface area (Å²) < 4.78 is 7.71. The molecule has 3 atom stereocenters. The van der Waals surface area contributed by atoms with Crippen LogP contribution >= 0.6 is 11.6 Å². The van der Waals surface area contributed by atoms with Crippen molar-refractivity contribution in [2.24, 2.45) is 14.1 Å². The molecule has 2 unspecified atom stereocenters. The fraction of sp³-hybridized carbons (Fsp3) is 0.323. The van der Waals surface area contributed by atoms with E-state index in [0.717, 1.165) is 27.7 Å². The van der Waals surface area contributed by atoms with E-state index in [0.29, 0.717) is 31.1 Å². The van der Waals surface area contributed by atoms with Gasteiger partial charge in [-0.2, -0.15) is 0 Å². The number of nitrogens with one attached hydrogen (secondary N) is 3. The fourth-order valence-corrected chi connectivity index (χ4v) is 5.85. The minimum atomic E-state index is -1.40. The van der Waals surface area contributed by atoms with Crippen LogP contribution in [0.2, 0.25) is 0 Å². The Labute approximate surface area is 253 Å². The van der Waals surface area contributed by atoms with Gasteiger partial charge in [-0.05, 0) is 23.6 Å². The minimum absolute atomic E-state index is 0.0541. The van der Waals surface area contributed by atoms with E-state index in [1.165, 1.54) is 32.0 Å². The molecule has 43 heavy (non-hydrogen) atoms. The number of allylic oxidation sites excluding steroid dienone is 2. The van der Waals surface area contributed by atoms with Crippen LogP contribution in [0.4, 0.5) is 0 Å². The first-order chi connectivity index (χ1) is 20.6. The number of amides is 2. The summed E-state index contributed by atoms with van der Waals surface area (Å²) in [6.07, 6.45) is 7.93. The lowest BCUT2D eigenvalue weighted by atomic mass is 9.80. The smallest absolute Gasteiger partial charge is 0.330 e. The monoisotopic (exact) mass is 604 g/mol. The number of hydrogen-bond acceptors (Lipinski definition) is 7. The SMILES string of the molecule is COc1nc(C2(NC(=O)c3cn(C)c(=O)n(C)c3=O)C=CC=C(c3ccccc3)[C@@H]2Cl)ccc1CNCC1CCC(=O)N1. The Kier molecular flexibility index (Phi) is 8.65. The van der Waals surface area contributed by atoms with Crippen molar-refractivity contribution in [3.05, 3.63) is 110 Å². The van der Waals surface area contributed by atoms with Gasteiger partial charge in [0.15, 0.2) is 0 Å². The van der Waals surface area contributed by atoms with E-state index < -0.39 is 28.1 Å². The maximum Gasteiger partial charge on any atom is 0.330 e. The molecule has 0 spiro atoms. The standard InChI is InChI=1S/C31H33ClN6O5/c1-37-18-23(29(41)38(2)30(37)42)27(40)36-31(15-7-10-22(26(31)32)19-8-5-4-6-9-19)24-13-11-20(28(35-24)43-3)16-33-17-21-12-14-25(39)34-21/h4-11,13,15,18,21,26,33H,12,14,16-17H2,1-3H3,(H,34,39)(H,36,40)/t21?,26-,31?/m0/s1. The lowest BCUT2D eigenvalue weighted by Gasteiger charge is -2.39. The Morgan fingerprint density at radius 2 is 1.93 bits per heavy atom. The predicted molar refractivity (Wildman–Crippen MR) is 163 cm³/mol. The van der Waals surface area contributed by atoms with Gasteiger partial charge >= 0.3 is 5.69 Å². The van der Waals surface area contributed by atoms with Gasteiger partial charge in [0.05, 0.1) is 18.2 Å². The maximum absolute atomic E-state index is 13.8. The van der Waals surface area contributed by atoms with E-state index in [2.05, 4.69) is 16.0 Å². The summed E-state index contributed by atoms with van der Waals surface area (Å²) in [6, 6.07) is 13.2. The quantitative estimate of drug-likeness (QED) is 0.317. The van der Waals surface area contributed by atoms with Crippen LogP contribution in [0.15, 0.2) is 76.5 Å². The van der Waals surface area contributed by atoms with Gasteiger partial charge in [-0.25, -0.2) is 9.78 Å². The lowest BCUT2D eigenvalue weighted by Crippen LogP contribution is -2.54. The Morgan fingerprint density at radius 3 is 2.63 bits per heavy atom. The molecule has 1 aromatic carbocycles. The van der Waals surface area contributed by atoms with Crippen LogP contribution in [-0.2, 0) is 31.0 Å². The molecule has 1 fully saturated rings. The molecule has 2 aromatic heterocycles. The first-order valence-electron chi connectivity index (χ1n) is 13.9. The lowest BCUT2D eigenvalue weighted by molar-refractivity contribution is -0.119. The van der Waals surface area contributed by atoms with Gasteiger partial charge in [0, 0.05) is 51.4 Å². The Balaban J connectivity index is 1.52. The molecule has 12 heteroatoms. The zero-order valence-electron chi connectivity index (χ0n) is 24.1. The van der Waals surface area contributed by atoms with Gasteiger partial charge in [-0.15, -0.1) is 11.6 Å². The van der Waals surface area contributed by atoms with Crippen molar-refractivity contribution in [1.29, 1.82) is 0 Å². The fourth-order valence-electron chi connectivity index (χ4n) is 5.42. The molecule has 1 saturated heterocycles. The molecule has 3 N–H and O–H groups in total. The summed E-state index contributed by atoms with van der Waals surface area (Å²) in [5, 5.41) is 8.42. The molecule has 1 aliphatic heterocycles. The summed E-state index contributed by atoms with van der Waals surface area (Å²) in [5.41, 5.74) is -0.137. The van der Waals surface area contributed by atoms with Crippen molar-refractivity contribution < 1.29 is 14.3 Å².